The number of ether oxygens (including phenoxy) is 2. The average Bonchev–Trinajstić information content (AvgIpc) is 2.66. The van der Waals surface area contributed by atoms with E-state index in [0.29, 0.717) is 17.9 Å². The number of guanidine groups is 1. The third kappa shape index (κ3) is 6.18. The second kappa shape index (κ2) is 11.0. The fraction of sp³-hybridized carbons (Fsp3) is 0.650. The van der Waals surface area contributed by atoms with Crippen LogP contribution in [0, 0.1) is 5.92 Å². The van der Waals surface area contributed by atoms with E-state index in [1.165, 1.54) is 18.4 Å². The first kappa shape index (κ1) is 20.5. The highest BCUT2D eigenvalue weighted by molar-refractivity contribution is 5.77. The van der Waals surface area contributed by atoms with Crippen molar-refractivity contribution in [2.45, 2.75) is 32.2 Å². The number of aliphatic imine (C=N–C) groups is 1. The summed E-state index contributed by atoms with van der Waals surface area (Å²) < 4.78 is 10.6. The van der Waals surface area contributed by atoms with Crippen molar-refractivity contribution in [3.8, 4) is 5.75 Å². The molecular formula is C20H34N4O2. The van der Waals surface area contributed by atoms with E-state index in [2.05, 4.69) is 34.4 Å². The van der Waals surface area contributed by atoms with E-state index in [9.17, 15) is 0 Å². The monoisotopic (exact) mass is 362 g/mol. The number of rotatable bonds is 9. The molecular weight excluding hydrogens is 328 g/mol. The second-order valence-corrected chi connectivity index (χ2v) is 6.80. The highest BCUT2D eigenvalue weighted by Crippen LogP contribution is 2.35. The standard InChI is InChI=1S/C20H34N4O2/c1-4-26-14-6-12-22-20(21)23-15-17-7-5-13-24(2)19(17)16-8-10-18(25-3)11-9-16/h8-11,17,19H,4-7,12-15H2,1-3H3,(H3,21,22,23). The van der Waals surface area contributed by atoms with Crippen molar-refractivity contribution in [3.63, 3.8) is 0 Å². The molecule has 6 heteroatoms. The Bertz CT molecular complexity index is 547. The number of piperidine rings is 1. The second-order valence-electron chi connectivity index (χ2n) is 6.80. The predicted octanol–water partition coefficient (Wildman–Crippen LogP) is 2.41. The number of nitrogens with one attached hydrogen (secondary N) is 1. The summed E-state index contributed by atoms with van der Waals surface area (Å²) in [6.45, 7) is 6.16. The molecule has 6 nitrogen and oxygen atoms in total. The first-order valence-corrected chi connectivity index (χ1v) is 9.61. The molecule has 1 aromatic carbocycles. The highest BCUT2D eigenvalue weighted by Gasteiger charge is 2.30. The molecule has 0 saturated carbocycles. The van der Waals surface area contributed by atoms with Gasteiger partial charge in [-0.1, -0.05) is 12.1 Å². The van der Waals surface area contributed by atoms with E-state index in [1.807, 2.05) is 19.1 Å². The minimum atomic E-state index is 0.365. The minimum absolute atomic E-state index is 0.365. The number of methoxy groups -OCH3 is 1. The molecule has 0 spiro atoms. The fourth-order valence-corrected chi connectivity index (χ4v) is 3.59. The quantitative estimate of drug-likeness (QED) is 0.401. The predicted molar refractivity (Wildman–Crippen MR) is 107 cm³/mol. The van der Waals surface area contributed by atoms with E-state index in [-0.39, 0.29) is 0 Å². The summed E-state index contributed by atoms with van der Waals surface area (Å²) in [7, 11) is 3.89. The summed E-state index contributed by atoms with van der Waals surface area (Å²) >= 11 is 0. The van der Waals surface area contributed by atoms with E-state index in [0.717, 1.165) is 45.0 Å². The van der Waals surface area contributed by atoms with Gasteiger partial charge < -0.3 is 20.5 Å². The maximum absolute atomic E-state index is 6.03. The van der Waals surface area contributed by atoms with Crippen LogP contribution in [0.15, 0.2) is 29.3 Å². The van der Waals surface area contributed by atoms with E-state index < -0.39 is 0 Å². The Hall–Kier alpha value is -1.79. The van der Waals surface area contributed by atoms with Gasteiger partial charge in [0.1, 0.15) is 5.75 Å². The van der Waals surface area contributed by atoms with E-state index in [1.54, 1.807) is 7.11 Å². The summed E-state index contributed by atoms with van der Waals surface area (Å²) in [5, 5.41) is 3.18. The maximum atomic E-state index is 6.03. The summed E-state index contributed by atoms with van der Waals surface area (Å²) in [5.74, 6) is 1.89. The molecule has 1 aromatic rings. The van der Waals surface area contributed by atoms with E-state index >= 15 is 0 Å². The van der Waals surface area contributed by atoms with Gasteiger partial charge in [-0.2, -0.15) is 0 Å². The average molecular weight is 363 g/mol. The normalized spacial score (nSPS) is 21.6. The zero-order chi connectivity index (χ0) is 18.8. The van der Waals surface area contributed by atoms with Crippen molar-refractivity contribution in [1.82, 2.24) is 10.2 Å². The Morgan fingerprint density at radius 1 is 1.35 bits per heavy atom. The Kier molecular flexibility index (Phi) is 8.71. The van der Waals surface area contributed by atoms with Crippen molar-refractivity contribution in [2.75, 3.05) is 47.0 Å². The van der Waals surface area contributed by atoms with Crippen molar-refractivity contribution in [2.24, 2.45) is 16.6 Å². The largest absolute Gasteiger partial charge is 0.497 e. The van der Waals surface area contributed by atoms with Crippen LogP contribution < -0.4 is 15.8 Å². The minimum Gasteiger partial charge on any atom is -0.497 e. The Balaban J connectivity index is 1.93. The number of likely N-dealkylation sites (tertiary alicyclic amines) is 1. The summed E-state index contributed by atoms with van der Waals surface area (Å²) in [4.78, 5) is 7.03. The highest BCUT2D eigenvalue weighted by atomic mass is 16.5. The Morgan fingerprint density at radius 2 is 2.12 bits per heavy atom. The third-order valence-electron chi connectivity index (χ3n) is 4.94. The van der Waals surface area contributed by atoms with Crippen LogP contribution in [0.25, 0.3) is 0 Å². The number of hydrogen-bond acceptors (Lipinski definition) is 4. The molecule has 0 aliphatic carbocycles. The van der Waals surface area contributed by atoms with Crippen LogP contribution in [0.3, 0.4) is 0 Å². The van der Waals surface area contributed by atoms with Crippen LogP contribution in [0.2, 0.25) is 0 Å². The van der Waals surface area contributed by atoms with Gasteiger partial charge in [0.05, 0.1) is 7.11 Å². The van der Waals surface area contributed by atoms with Crippen molar-refractivity contribution < 1.29 is 9.47 Å². The van der Waals surface area contributed by atoms with Crippen molar-refractivity contribution >= 4 is 5.96 Å². The van der Waals surface area contributed by atoms with Gasteiger partial charge in [-0.25, -0.2) is 0 Å². The number of nitrogens with zero attached hydrogens (tertiary/aromatic N) is 2. The topological polar surface area (TPSA) is 72.1 Å². The molecule has 3 N–H and O–H groups in total. The van der Waals surface area contributed by atoms with Gasteiger partial charge in [0.2, 0.25) is 0 Å². The van der Waals surface area contributed by atoms with Crippen LogP contribution in [0.1, 0.15) is 37.8 Å². The molecule has 146 valence electrons. The molecule has 0 bridgehead atoms. The molecule has 2 atom stereocenters. The number of hydrogen-bond donors (Lipinski definition) is 2. The van der Waals surface area contributed by atoms with E-state index in [4.69, 9.17) is 15.2 Å². The zero-order valence-electron chi connectivity index (χ0n) is 16.4. The maximum Gasteiger partial charge on any atom is 0.188 e. The zero-order valence-corrected chi connectivity index (χ0v) is 16.4. The van der Waals surface area contributed by atoms with Gasteiger partial charge in [0.25, 0.3) is 0 Å². The molecule has 0 amide bonds. The lowest BCUT2D eigenvalue weighted by Gasteiger charge is -2.39. The third-order valence-corrected chi connectivity index (χ3v) is 4.94. The van der Waals surface area contributed by atoms with Gasteiger partial charge in [0, 0.05) is 32.3 Å². The van der Waals surface area contributed by atoms with Crippen LogP contribution >= 0.6 is 0 Å². The first-order chi connectivity index (χ1) is 12.7. The fourth-order valence-electron chi connectivity index (χ4n) is 3.59. The van der Waals surface area contributed by atoms with Gasteiger partial charge >= 0.3 is 0 Å². The van der Waals surface area contributed by atoms with Crippen LogP contribution in [0.4, 0.5) is 0 Å². The lowest BCUT2D eigenvalue weighted by Crippen LogP contribution is -2.38. The molecule has 1 aliphatic rings. The molecule has 2 unspecified atom stereocenters. The first-order valence-electron chi connectivity index (χ1n) is 9.61. The molecule has 1 fully saturated rings. The van der Waals surface area contributed by atoms with Crippen molar-refractivity contribution in [1.29, 1.82) is 0 Å². The number of nitrogens with two attached hydrogens (primary N) is 1. The molecule has 0 aromatic heterocycles. The lowest BCUT2D eigenvalue weighted by atomic mass is 9.85. The Labute approximate surface area is 157 Å². The molecule has 1 aliphatic heterocycles. The van der Waals surface area contributed by atoms with Crippen LogP contribution in [0.5, 0.6) is 5.75 Å². The van der Waals surface area contributed by atoms with Crippen molar-refractivity contribution in [3.05, 3.63) is 29.8 Å². The number of benzene rings is 1. The van der Waals surface area contributed by atoms with Gasteiger partial charge in [0.15, 0.2) is 5.96 Å². The lowest BCUT2D eigenvalue weighted by molar-refractivity contribution is 0.125. The Morgan fingerprint density at radius 3 is 2.81 bits per heavy atom. The SMILES string of the molecule is CCOCCCNC(N)=NCC1CCCN(C)C1c1ccc(OC)cc1. The summed E-state index contributed by atoms with van der Waals surface area (Å²) in [5.41, 5.74) is 7.35. The molecule has 1 heterocycles. The molecule has 2 rings (SSSR count). The van der Waals surface area contributed by atoms with Crippen LogP contribution in [-0.4, -0.2) is 57.9 Å². The van der Waals surface area contributed by atoms with Gasteiger partial charge in [-0.05, 0) is 63.4 Å². The molecule has 1 saturated heterocycles. The van der Waals surface area contributed by atoms with Gasteiger partial charge in [-0.15, -0.1) is 0 Å². The summed E-state index contributed by atoms with van der Waals surface area (Å²) in [6, 6.07) is 8.76. The smallest absolute Gasteiger partial charge is 0.188 e. The molecule has 0 radical (unpaired) electrons. The van der Waals surface area contributed by atoms with Crippen LogP contribution in [-0.2, 0) is 4.74 Å². The van der Waals surface area contributed by atoms with Gasteiger partial charge in [-0.3, -0.25) is 9.89 Å². The molecule has 26 heavy (non-hydrogen) atoms. The summed E-state index contributed by atoms with van der Waals surface area (Å²) in [6.07, 6.45) is 3.30.